The van der Waals surface area contributed by atoms with Crippen LogP contribution in [0.1, 0.15) is 22.0 Å². The lowest BCUT2D eigenvalue weighted by Crippen LogP contribution is -2.43. The van der Waals surface area contributed by atoms with Gasteiger partial charge in [0, 0.05) is 29.7 Å². The van der Waals surface area contributed by atoms with Crippen molar-refractivity contribution in [3.63, 3.8) is 0 Å². The third-order valence-corrected chi connectivity index (χ3v) is 4.71. The first-order valence-electron chi connectivity index (χ1n) is 8.14. The van der Waals surface area contributed by atoms with Crippen LogP contribution in [0.5, 0.6) is 0 Å². The second-order valence-corrected chi connectivity index (χ2v) is 6.71. The number of hydrogen-bond donors (Lipinski definition) is 1. The van der Waals surface area contributed by atoms with Gasteiger partial charge in [0.15, 0.2) is 0 Å². The molecule has 0 bridgehead atoms. The lowest BCUT2D eigenvalue weighted by Gasteiger charge is -2.35. The standard InChI is InChI=1S/C19H21BrN2O2/c20-17-8-4-7-16(13-17)19(23)21-14-18(15-5-2-1-3-6-15)22-9-11-24-12-10-22/h1-8,13,18H,9-12,14H2,(H,21,23). The molecule has 1 aliphatic heterocycles. The van der Waals surface area contributed by atoms with Crippen LogP contribution >= 0.6 is 15.9 Å². The normalized spacial score (nSPS) is 16.5. The van der Waals surface area contributed by atoms with Gasteiger partial charge in [-0.3, -0.25) is 9.69 Å². The predicted octanol–water partition coefficient (Wildman–Crippen LogP) is 3.25. The number of carbonyl (C=O) groups excluding carboxylic acids is 1. The summed E-state index contributed by atoms with van der Waals surface area (Å²) in [5.74, 6) is -0.0505. The summed E-state index contributed by atoms with van der Waals surface area (Å²) < 4.78 is 6.37. The van der Waals surface area contributed by atoms with Gasteiger partial charge in [0.1, 0.15) is 0 Å². The number of hydrogen-bond acceptors (Lipinski definition) is 3. The Hall–Kier alpha value is -1.69. The third-order valence-electron chi connectivity index (χ3n) is 4.21. The molecule has 0 radical (unpaired) electrons. The van der Waals surface area contributed by atoms with Gasteiger partial charge in [-0.2, -0.15) is 0 Å². The van der Waals surface area contributed by atoms with E-state index in [2.05, 4.69) is 38.3 Å². The molecule has 1 heterocycles. The van der Waals surface area contributed by atoms with Crippen molar-refractivity contribution in [2.75, 3.05) is 32.8 Å². The second kappa shape index (κ2) is 8.42. The molecule has 1 aliphatic rings. The molecule has 0 aliphatic carbocycles. The van der Waals surface area contributed by atoms with Crippen LogP contribution in [0.4, 0.5) is 0 Å². The SMILES string of the molecule is O=C(NCC(c1ccccc1)N1CCOCC1)c1cccc(Br)c1. The van der Waals surface area contributed by atoms with E-state index in [9.17, 15) is 4.79 Å². The van der Waals surface area contributed by atoms with Gasteiger partial charge < -0.3 is 10.1 Å². The van der Waals surface area contributed by atoms with Gasteiger partial charge in [-0.1, -0.05) is 52.3 Å². The Bertz CT molecular complexity index is 672. The molecule has 2 aromatic carbocycles. The number of rotatable bonds is 5. The van der Waals surface area contributed by atoms with Crippen molar-refractivity contribution in [1.82, 2.24) is 10.2 Å². The topological polar surface area (TPSA) is 41.6 Å². The molecule has 3 rings (SSSR count). The lowest BCUT2D eigenvalue weighted by molar-refractivity contribution is 0.0162. The first kappa shape index (κ1) is 17.1. The van der Waals surface area contributed by atoms with Crippen molar-refractivity contribution >= 4 is 21.8 Å². The number of nitrogens with zero attached hydrogens (tertiary/aromatic N) is 1. The fourth-order valence-corrected chi connectivity index (χ4v) is 3.34. The number of amides is 1. The predicted molar refractivity (Wildman–Crippen MR) is 98.1 cm³/mol. The molecule has 24 heavy (non-hydrogen) atoms. The Kier molecular flexibility index (Phi) is 6.01. The van der Waals surface area contributed by atoms with Gasteiger partial charge in [0.2, 0.25) is 0 Å². The number of ether oxygens (including phenoxy) is 1. The highest BCUT2D eigenvalue weighted by atomic mass is 79.9. The second-order valence-electron chi connectivity index (χ2n) is 5.80. The first-order valence-corrected chi connectivity index (χ1v) is 8.94. The Morgan fingerprint density at radius 2 is 1.88 bits per heavy atom. The van der Waals surface area contributed by atoms with Gasteiger partial charge >= 0.3 is 0 Å². The van der Waals surface area contributed by atoms with Crippen LogP contribution < -0.4 is 5.32 Å². The zero-order valence-electron chi connectivity index (χ0n) is 13.5. The lowest BCUT2D eigenvalue weighted by atomic mass is 10.0. The van der Waals surface area contributed by atoms with E-state index >= 15 is 0 Å². The number of nitrogens with one attached hydrogen (secondary N) is 1. The zero-order chi connectivity index (χ0) is 16.8. The summed E-state index contributed by atoms with van der Waals surface area (Å²) in [5.41, 5.74) is 1.88. The Morgan fingerprint density at radius 1 is 1.12 bits per heavy atom. The molecule has 2 aromatic rings. The quantitative estimate of drug-likeness (QED) is 0.854. The number of halogens is 1. The summed E-state index contributed by atoms with van der Waals surface area (Å²) in [6, 6.07) is 17.9. The van der Waals surface area contributed by atoms with Crippen LogP contribution in [-0.2, 0) is 4.74 Å². The summed E-state index contributed by atoms with van der Waals surface area (Å²) in [5, 5.41) is 3.08. The fraction of sp³-hybridized carbons (Fsp3) is 0.316. The van der Waals surface area contributed by atoms with Gasteiger partial charge in [-0.25, -0.2) is 0 Å². The third kappa shape index (κ3) is 4.44. The van der Waals surface area contributed by atoms with Gasteiger partial charge in [0.05, 0.1) is 19.3 Å². The number of morpholine rings is 1. The van der Waals surface area contributed by atoms with E-state index in [1.54, 1.807) is 0 Å². The molecule has 1 saturated heterocycles. The van der Waals surface area contributed by atoms with Crippen LogP contribution in [0.15, 0.2) is 59.1 Å². The van der Waals surface area contributed by atoms with Crippen molar-refractivity contribution in [2.24, 2.45) is 0 Å². The van der Waals surface area contributed by atoms with E-state index in [-0.39, 0.29) is 11.9 Å². The summed E-state index contributed by atoms with van der Waals surface area (Å²) in [7, 11) is 0. The summed E-state index contributed by atoms with van der Waals surface area (Å²) in [6.07, 6.45) is 0. The van der Waals surface area contributed by atoms with Gasteiger partial charge in [0.25, 0.3) is 5.91 Å². The molecular weight excluding hydrogens is 368 g/mol. The maximum Gasteiger partial charge on any atom is 0.251 e. The van der Waals surface area contributed by atoms with Crippen LogP contribution in [-0.4, -0.2) is 43.7 Å². The van der Waals surface area contributed by atoms with Crippen molar-refractivity contribution in [1.29, 1.82) is 0 Å². The Labute approximate surface area is 150 Å². The molecular formula is C19H21BrN2O2. The maximum atomic E-state index is 12.4. The Morgan fingerprint density at radius 3 is 2.58 bits per heavy atom. The van der Waals surface area contributed by atoms with Gasteiger partial charge in [-0.15, -0.1) is 0 Å². The van der Waals surface area contributed by atoms with Crippen LogP contribution in [0.2, 0.25) is 0 Å². The highest BCUT2D eigenvalue weighted by Gasteiger charge is 2.23. The number of carbonyl (C=O) groups is 1. The smallest absolute Gasteiger partial charge is 0.251 e. The van der Waals surface area contributed by atoms with Crippen molar-refractivity contribution in [3.05, 3.63) is 70.2 Å². The highest BCUT2D eigenvalue weighted by Crippen LogP contribution is 2.21. The minimum Gasteiger partial charge on any atom is -0.379 e. The van der Waals surface area contributed by atoms with E-state index < -0.39 is 0 Å². The molecule has 126 valence electrons. The van der Waals surface area contributed by atoms with Crippen LogP contribution in [0.3, 0.4) is 0 Å². The molecule has 0 spiro atoms. The monoisotopic (exact) mass is 388 g/mol. The zero-order valence-corrected chi connectivity index (χ0v) is 15.0. The highest BCUT2D eigenvalue weighted by molar-refractivity contribution is 9.10. The van der Waals surface area contributed by atoms with Crippen LogP contribution in [0.25, 0.3) is 0 Å². The summed E-state index contributed by atoms with van der Waals surface area (Å²) in [6.45, 7) is 3.82. The van der Waals surface area contributed by atoms with E-state index in [0.717, 1.165) is 30.8 Å². The molecule has 1 amide bonds. The molecule has 4 nitrogen and oxygen atoms in total. The molecule has 1 fully saturated rings. The largest absolute Gasteiger partial charge is 0.379 e. The van der Waals surface area contributed by atoms with E-state index in [4.69, 9.17) is 4.74 Å². The van der Waals surface area contributed by atoms with E-state index in [0.29, 0.717) is 12.1 Å². The van der Waals surface area contributed by atoms with Gasteiger partial charge in [-0.05, 0) is 23.8 Å². The summed E-state index contributed by atoms with van der Waals surface area (Å²) >= 11 is 3.41. The van der Waals surface area contributed by atoms with Crippen molar-refractivity contribution < 1.29 is 9.53 Å². The average molecular weight is 389 g/mol. The minimum absolute atomic E-state index is 0.0505. The molecule has 0 aromatic heterocycles. The molecule has 5 heteroatoms. The molecule has 0 saturated carbocycles. The maximum absolute atomic E-state index is 12.4. The Balaban J connectivity index is 1.71. The van der Waals surface area contributed by atoms with Crippen LogP contribution in [0, 0.1) is 0 Å². The summed E-state index contributed by atoms with van der Waals surface area (Å²) in [4.78, 5) is 14.8. The van der Waals surface area contributed by atoms with Crippen molar-refractivity contribution in [3.8, 4) is 0 Å². The molecule has 1 unspecified atom stereocenters. The van der Waals surface area contributed by atoms with E-state index in [1.165, 1.54) is 5.56 Å². The van der Waals surface area contributed by atoms with Crippen molar-refractivity contribution in [2.45, 2.75) is 6.04 Å². The number of benzene rings is 2. The first-order chi connectivity index (χ1) is 11.7. The minimum atomic E-state index is -0.0505. The average Bonchev–Trinajstić information content (AvgIpc) is 2.63. The van der Waals surface area contributed by atoms with E-state index in [1.807, 2.05) is 42.5 Å². The molecule has 1 atom stereocenters. The fourth-order valence-electron chi connectivity index (χ4n) is 2.94. The molecule has 1 N–H and O–H groups in total.